The van der Waals surface area contributed by atoms with Gasteiger partial charge in [0.15, 0.2) is 0 Å². The fraction of sp³-hybridized carbons (Fsp3) is 1.00. The molecule has 0 nitrogen and oxygen atoms in total. The maximum atomic E-state index is 7.44. The Morgan fingerprint density at radius 3 is 2.62 bits per heavy atom. The van der Waals surface area contributed by atoms with Crippen molar-refractivity contribution in [2.24, 2.45) is 5.92 Å². The highest BCUT2D eigenvalue weighted by atomic mass is 14.2. The molecule has 1 aliphatic carbocycles. The molecule has 0 unspecified atom stereocenters. The minimum absolute atomic E-state index is 0.271. The van der Waals surface area contributed by atoms with Gasteiger partial charge in [-0.25, -0.2) is 0 Å². The fourth-order valence-electron chi connectivity index (χ4n) is 1.40. The smallest absolute Gasteiger partial charge is 0.0267 e. The fourth-order valence-corrected chi connectivity index (χ4v) is 1.40. The first-order valence-electron chi connectivity index (χ1n) is 4.33. The highest BCUT2D eigenvalue weighted by Gasteiger charge is 2.09. The largest absolute Gasteiger partial charge is 0.0651 e. The van der Waals surface area contributed by atoms with E-state index in [1.807, 2.05) is 0 Å². The minimum Gasteiger partial charge on any atom is -0.0651 e. The average Bonchev–Trinajstić information content (AvgIpc) is 1.90. The lowest BCUT2D eigenvalue weighted by molar-refractivity contribution is 0.349. The van der Waals surface area contributed by atoms with Crippen LogP contribution in [0.15, 0.2) is 0 Å². The molecule has 0 atom stereocenters. The predicted octanol–water partition coefficient (Wildman–Crippen LogP) is 2.98. The number of hydrogen-bond acceptors (Lipinski definition) is 0. The van der Waals surface area contributed by atoms with Crippen LogP contribution in [0.1, 0.15) is 46.8 Å². The van der Waals surface area contributed by atoms with Gasteiger partial charge in [0.25, 0.3) is 0 Å². The Kier molecular flexibility index (Phi) is 1.88. The van der Waals surface area contributed by atoms with Crippen molar-refractivity contribution in [3.8, 4) is 0 Å². The van der Waals surface area contributed by atoms with Gasteiger partial charge in [-0.15, -0.1) is 0 Å². The van der Waals surface area contributed by atoms with E-state index in [0.717, 1.165) is 18.8 Å². The molecule has 0 radical (unpaired) electrons. The third-order valence-electron chi connectivity index (χ3n) is 2.14. The molecule has 1 rings (SSSR count). The molecule has 0 aromatic heterocycles. The van der Waals surface area contributed by atoms with Crippen molar-refractivity contribution in [2.45, 2.75) is 45.4 Å². The van der Waals surface area contributed by atoms with Gasteiger partial charge in [0.05, 0.1) is 0 Å². The summed E-state index contributed by atoms with van der Waals surface area (Å²) in [6.07, 6.45) is 6.52. The third kappa shape index (κ3) is 1.50. The summed E-state index contributed by atoms with van der Waals surface area (Å²) >= 11 is 0. The summed E-state index contributed by atoms with van der Waals surface area (Å²) in [5.41, 5.74) is 0. The summed E-state index contributed by atoms with van der Waals surface area (Å²) in [5, 5.41) is 0. The molecule has 0 aliphatic heterocycles. The van der Waals surface area contributed by atoms with Gasteiger partial charge < -0.3 is 0 Å². The topological polar surface area (TPSA) is 0 Å². The van der Waals surface area contributed by atoms with E-state index in [2.05, 4.69) is 6.92 Å². The Morgan fingerprint density at radius 2 is 2.12 bits per heavy atom. The van der Waals surface area contributed by atoms with Crippen molar-refractivity contribution in [3.05, 3.63) is 0 Å². The molecule has 0 heterocycles. The SMILES string of the molecule is [2H]C1CCC(CC)CC1. The summed E-state index contributed by atoms with van der Waals surface area (Å²) in [5.74, 6) is 0.951. The van der Waals surface area contributed by atoms with Gasteiger partial charge in [0.1, 0.15) is 0 Å². The summed E-state index contributed by atoms with van der Waals surface area (Å²) in [6, 6.07) is 0. The number of hydrogen-bond donors (Lipinski definition) is 0. The Balaban J connectivity index is 2.18. The summed E-state index contributed by atoms with van der Waals surface area (Å²) in [4.78, 5) is 0. The van der Waals surface area contributed by atoms with Crippen molar-refractivity contribution < 1.29 is 1.37 Å². The first-order valence-corrected chi connectivity index (χ1v) is 3.75. The van der Waals surface area contributed by atoms with Crippen LogP contribution >= 0.6 is 0 Å². The van der Waals surface area contributed by atoms with E-state index in [-0.39, 0.29) is 6.40 Å². The zero-order chi connectivity index (χ0) is 6.69. The first kappa shape index (κ1) is 4.84. The normalized spacial score (nSPS) is 41.4. The van der Waals surface area contributed by atoms with E-state index in [9.17, 15) is 0 Å². The molecule has 1 saturated carbocycles. The maximum absolute atomic E-state index is 7.44. The van der Waals surface area contributed by atoms with Crippen LogP contribution in [-0.4, -0.2) is 0 Å². The molecule has 1 aliphatic rings. The Labute approximate surface area is 53.7 Å². The molecule has 48 valence electrons. The highest BCUT2D eigenvalue weighted by molar-refractivity contribution is 4.63. The molecule has 0 heteroatoms. The van der Waals surface area contributed by atoms with E-state index in [4.69, 9.17) is 1.37 Å². The molecule has 0 amide bonds. The van der Waals surface area contributed by atoms with Crippen molar-refractivity contribution in [1.82, 2.24) is 0 Å². The molecule has 0 spiro atoms. The van der Waals surface area contributed by atoms with Crippen LogP contribution in [0.25, 0.3) is 0 Å². The average molecular weight is 113 g/mol. The van der Waals surface area contributed by atoms with Crippen molar-refractivity contribution in [3.63, 3.8) is 0 Å². The maximum Gasteiger partial charge on any atom is 0.0267 e. The Bertz CT molecular complexity index is 72.6. The zero-order valence-corrected chi connectivity index (χ0v) is 5.69. The standard InChI is InChI=1S/C8H16/c1-2-8-6-4-3-5-7-8/h8H,2-7H2,1H3/i3D. The summed E-state index contributed by atoms with van der Waals surface area (Å²) < 4.78 is 7.44. The minimum atomic E-state index is 0.271. The van der Waals surface area contributed by atoms with E-state index in [1.165, 1.54) is 19.3 Å². The third-order valence-corrected chi connectivity index (χ3v) is 2.14. The van der Waals surface area contributed by atoms with Gasteiger partial charge in [-0.3, -0.25) is 0 Å². The quantitative estimate of drug-likeness (QED) is 0.490. The van der Waals surface area contributed by atoms with Gasteiger partial charge in [-0.05, 0) is 5.92 Å². The van der Waals surface area contributed by atoms with Crippen molar-refractivity contribution in [1.29, 1.82) is 0 Å². The molecular formula is C8H16. The molecule has 0 aromatic rings. The second kappa shape index (κ2) is 3.11. The Hall–Kier alpha value is 0. The second-order valence-electron chi connectivity index (χ2n) is 2.72. The van der Waals surface area contributed by atoms with Crippen molar-refractivity contribution in [2.75, 3.05) is 0 Å². The molecule has 0 bridgehead atoms. The van der Waals surface area contributed by atoms with Crippen LogP contribution in [0.3, 0.4) is 0 Å². The van der Waals surface area contributed by atoms with Gasteiger partial charge in [-0.1, -0.05) is 45.4 Å². The molecule has 0 N–H and O–H groups in total. The molecule has 1 fully saturated rings. The van der Waals surface area contributed by atoms with Crippen LogP contribution in [-0.2, 0) is 0 Å². The van der Waals surface area contributed by atoms with Gasteiger partial charge in [0.2, 0.25) is 0 Å². The summed E-state index contributed by atoms with van der Waals surface area (Å²) in [6.45, 7) is 2.26. The van der Waals surface area contributed by atoms with Gasteiger partial charge >= 0.3 is 0 Å². The monoisotopic (exact) mass is 113 g/mol. The first-order chi connectivity index (χ1) is 4.33. The predicted molar refractivity (Wildman–Crippen MR) is 36.9 cm³/mol. The highest BCUT2D eigenvalue weighted by Crippen LogP contribution is 2.25. The molecule has 0 aromatic carbocycles. The van der Waals surface area contributed by atoms with E-state index < -0.39 is 0 Å². The zero-order valence-electron chi connectivity index (χ0n) is 6.69. The molecule has 0 saturated heterocycles. The van der Waals surface area contributed by atoms with Crippen LogP contribution in [0, 0.1) is 5.92 Å². The Morgan fingerprint density at radius 1 is 1.50 bits per heavy atom. The summed E-state index contributed by atoms with van der Waals surface area (Å²) in [7, 11) is 0. The lowest BCUT2D eigenvalue weighted by Gasteiger charge is -2.18. The number of rotatable bonds is 1. The van der Waals surface area contributed by atoms with E-state index >= 15 is 0 Å². The lowest BCUT2D eigenvalue weighted by Crippen LogP contribution is -2.03. The van der Waals surface area contributed by atoms with Crippen LogP contribution in [0.4, 0.5) is 0 Å². The van der Waals surface area contributed by atoms with Crippen molar-refractivity contribution >= 4 is 0 Å². The van der Waals surface area contributed by atoms with Gasteiger partial charge in [-0.2, -0.15) is 0 Å². The van der Waals surface area contributed by atoms with Crippen LogP contribution in [0.2, 0.25) is 0 Å². The molecular weight excluding hydrogens is 96.1 g/mol. The lowest BCUT2D eigenvalue weighted by atomic mass is 9.88. The van der Waals surface area contributed by atoms with Gasteiger partial charge in [0, 0.05) is 1.37 Å². The van der Waals surface area contributed by atoms with Crippen LogP contribution in [0.5, 0.6) is 0 Å². The second-order valence-corrected chi connectivity index (χ2v) is 2.72. The molecule has 8 heavy (non-hydrogen) atoms. The van der Waals surface area contributed by atoms with Crippen LogP contribution < -0.4 is 0 Å². The van der Waals surface area contributed by atoms with E-state index in [0.29, 0.717) is 0 Å². The van der Waals surface area contributed by atoms with E-state index in [1.54, 1.807) is 0 Å².